The molecule has 1 aromatic rings. The van der Waals surface area contributed by atoms with Crippen molar-refractivity contribution in [2.75, 3.05) is 6.54 Å². The number of nitrogens with one attached hydrogen (secondary N) is 1. The fourth-order valence-corrected chi connectivity index (χ4v) is 4.43. The maximum Gasteiger partial charge on any atom is 0.254 e. The summed E-state index contributed by atoms with van der Waals surface area (Å²) in [5.41, 5.74) is 1.65. The van der Waals surface area contributed by atoms with Crippen LogP contribution in [0.25, 0.3) is 0 Å². The fourth-order valence-electron chi connectivity index (χ4n) is 4.43. The predicted octanol–water partition coefficient (Wildman–Crippen LogP) is 2.73. The maximum atomic E-state index is 13.3. The van der Waals surface area contributed by atoms with E-state index in [1.807, 2.05) is 49.4 Å². The molecule has 142 valence electrons. The standard InChI is InChI=1S/C22H26N2O3/c1-3-4-8-13-23-20(25)19-22-12-11-17(27-22)15(2)18(22)21(26)24(19)14-16-9-6-5-7-10-16/h5-7,9-12,17,19H,3-4,8,13-14H2,1-2H3,(H,23,25)/t17-,19+,22+/m1/s1. The van der Waals surface area contributed by atoms with Crippen LogP contribution in [0, 0.1) is 0 Å². The number of unbranched alkanes of at least 4 members (excludes halogenated alkanes) is 2. The van der Waals surface area contributed by atoms with Crippen molar-refractivity contribution in [3.05, 3.63) is 59.2 Å². The average molecular weight is 366 g/mol. The van der Waals surface area contributed by atoms with E-state index in [-0.39, 0.29) is 17.9 Å². The lowest BCUT2D eigenvalue weighted by atomic mass is 9.85. The molecule has 1 fully saturated rings. The van der Waals surface area contributed by atoms with Gasteiger partial charge in [-0.25, -0.2) is 0 Å². The molecule has 5 heteroatoms. The highest BCUT2D eigenvalue weighted by Crippen LogP contribution is 2.51. The molecule has 3 aliphatic heterocycles. The molecule has 2 bridgehead atoms. The van der Waals surface area contributed by atoms with Crippen LogP contribution < -0.4 is 5.32 Å². The number of fused-ring (bicyclic) bond motifs is 1. The number of hydrogen-bond donors (Lipinski definition) is 1. The molecule has 2 amide bonds. The molecular weight excluding hydrogens is 340 g/mol. The van der Waals surface area contributed by atoms with E-state index in [0.29, 0.717) is 18.7 Å². The van der Waals surface area contributed by atoms with E-state index >= 15 is 0 Å². The highest BCUT2D eigenvalue weighted by atomic mass is 16.5. The fraction of sp³-hybridized carbons (Fsp3) is 0.455. The van der Waals surface area contributed by atoms with Gasteiger partial charge in [0.05, 0.1) is 11.7 Å². The van der Waals surface area contributed by atoms with Gasteiger partial charge in [0.1, 0.15) is 11.6 Å². The van der Waals surface area contributed by atoms with E-state index < -0.39 is 11.6 Å². The van der Waals surface area contributed by atoms with Gasteiger partial charge in [-0.3, -0.25) is 9.59 Å². The van der Waals surface area contributed by atoms with Gasteiger partial charge in [0.2, 0.25) is 5.91 Å². The van der Waals surface area contributed by atoms with Crippen molar-refractivity contribution in [1.29, 1.82) is 0 Å². The van der Waals surface area contributed by atoms with Crippen LogP contribution in [0.2, 0.25) is 0 Å². The Balaban J connectivity index is 1.64. The maximum absolute atomic E-state index is 13.3. The van der Waals surface area contributed by atoms with Crippen LogP contribution in [-0.2, 0) is 20.9 Å². The smallest absolute Gasteiger partial charge is 0.254 e. The minimum Gasteiger partial charge on any atom is -0.354 e. The highest BCUT2D eigenvalue weighted by molar-refractivity contribution is 6.07. The summed E-state index contributed by atoms with van der Waals surface area (Å²) in [6.45, 7) is 5.09. The second-order valence-corrected chi connectivity index (χ2v) is 7.57. The van der Waals surface area contributed by atoms with Gasteiger partial charge in [-0.05, 0) is 30.6 Å². The van der Waals surface area contributed by atoms with E-state index in [4.69, 9.17) is 4.74 Å². The second kappa shape index (κ2) is 6.97. The number of amides is 2. The molecule has 0 unspecified atom stereocenters. The van der Waals surface area contributed by atoms with Crippen LogP contribution in [0.1, 0.15) is 38.7 Å². The summed E-state index contributed by atoms with van der Waals surface area (Å²) < 4.78 is 6.19. The van der Waals surface area contributed by atoms with E-state index in [2.05, 4.69) is 12.2 Å². The Morgan fingerprint density at radius 1 is 1.26 bits per heavy atom. The minimum absolute atomic E-state index is 0.0862. The molecule has 3 heterocycles. The summed E-state index contributed by atoms with van der Waals surface area (Å²) in [5, 5.41) is 3.03. The third kappa shape index (κ3) is 2.81. The van der Waals surface area contributed by atoms with Gasteiger partial charge in [0, 0.05) is 13.1 Å². The lowest BCUT2D eigenvalue weighted by molar-refractivity contribution is -0.138. The summed E-state index contributed by atoms with van der Waals surface area (Å²) >= 11 is 0. The van der Waals surface area contributed by atoms with E-state index in [0.717, 1.165) is 30.4 Å². The topological polar surface area (TPSA) is 58.6 Å². The Bertz CT molecular complexity index is 814. The van der Waals surface area contributed by atoms with Crippen molar-refractivity contribution >= 4 is 11.8 Å². The number of likely N-dealkylation sites (tertiary alicyclic amines) is 1. The Kier molecular flexibility index (Phi) is 4.64. The monoisotopic (exact) mass is 366 g/mol. The van der Waals surface area contributed by atoms with E-state index in [1.165, 1.54) is 0 Å². The van der Waals surface area contributed by atoms with Gasteiger partial charge < -0.3 is 15.0 Å². The summed E-state index contributed by atoms with van der Waals surface area (Å²) in [5.74, 6) is -0.220. The normalized spacial score (nSPS) is 28.2. The molecule has 4 rings (SSSR count). The SMILES string of the molecule is CCCCCNC(=O)[C@@H]1N(Cc2ccccc2)C(=O)C2=C(C)[C@H]3C=C[C@]21O3. The molecule has 5 nitrogen and oxygen atoms in total. The van der Waals surface area contributed by atoms with Crippen molar-refractivity contribution in [3.8, 4) is 0 Å². The number of hydrogen-bond acceptors (Lipinski definition) is 3. The number of carbonyl (C=O) groups is 2. The number of nitrogens with zero attached hydrogens (tertiary/aromatic N) is 1. The summed E-state index contributed by atoms with van der Waals surface area (Å²) in [6, 6.07) is 9.12. The average Bonchev–Trinajstić information content (AvgIpc) is 3.29. The molecule has 1 saturated heterocycles. The summed E-state index contributed by atoms with van der Waals surface area (Å²) in [4.78, 5) is 28.1. The largest absolute Gasteiger partial charge is 0.354 e. The summed E-state index contributed by atoms with van der Waals surface area (Å²) in [6.07, 6.45) is 6.82. The molecule has 0 aliphatic carbocycles. The zero-order valence-corrected chi connectivity index (χ0v) is 15.9. The van der Waals surface area contributed by atoms with Crippen molar-refractivity contribution in [1.82, 2.24) is 10.2 Å². The number of carbonyl (C=O) groups excluding carboxylic acids is 2. The zero-order valence-electron chi connectivity index (χ0n) is 15.9. The number of ether oxygens (including phenoxy) is 1. The Morgan fingerprint density at radius 2 is 2.04 bits per heavy atom. The first kappa shape index (κ1) is 18.0. The van der Waals surface area contributed by atoms with Gasteiger partial charge in [0.25, 0.3) is 5.91 Å². The first-order valence-corrected chi connectivity index (χ1v) is 9.79. The molecule has 1 aromatic carbocycles. The lowest BCUT2D eigenvalue weighted by Gasteiger charge is -2.31. The predicted molar refractivity (Wildman–Crippen MR) is 103 cm³/mol. The molecule has 3 atom stereocenters. The highest BCUT2D eigenvalue weighted by Gasteiger charge is 2.65. The van der Waals surface area contributed by atoms with Crippen molar-refractivity contribution in [2.45, 2.75) is 57.4 Å². The molecule has 27 heavy (non-hydrogen) atoms. The minimum atomic E-state index is -0.935. The summed E-state index contributed by atoms with van der Waals surface area (Å²) in [7, 11) is 0. The molecule has 0 saturated carbocycles. The quantitative estimate of drug-likeness (QED) is 0.596. The van der Waals surface area contributed by atoms with Gasteiger partial charge >= 0.3 is 0 Å². The van der Waals surface area contributed by atoms with Crippen LogP contribution in [0.4, 0.5) is 0 Å². The van der Waals surface area contributed by atoms with Crippen LogP contribution in [0.3, 0.4) is 0 Å². The van der Waals surface area contributed by atoms with Crippen LogP contribution >= 0.6 is 0 Å². The molecule has 3 aliphatic rings. The van der Waals surface area contributed by atoms with Gasteiger partial charge in [-0.2, -0.15) is 0 Å². The molecule has 1 N–H and O–H groups in total. The Hall–Kier alpha value is -2.40. The first-order chi connectivity index (χ1) is 13.1. The van der Waals surface area contributed by atoms with Crippen LogP contribution in [0.5, 0.6) is 0 Å². The second-order valence-electron chi connectivity index (χ2n) is 7.57. The van der Waals surface area contributed by atoms with Gasteiger partial charge in [-0.15, -0.1) is 0 Å². The van der Waals surface area contributed by atoms with E-state index in [1.54, 1.807) is 4.90 Å². The van der Waals surface area contributed by atoms with Crippen molar-refractivity contribution in [3.63, 3.8) is 0 Å². The van der Waals surface area contributed by atoms with Gasteiger partial charge in [0.15, 0.2) is 0 Å². The number of rotatable bonds is 7. The van der Waals surface area contributed by atoms with Gasteiger partial charge in [-0.1, -0.05) is 56.2 Å². The molecule has 1 spiro atoms. The molecule has 0 aromatic heterocycles. The Morgan fingerprint density at radius 3 is 2.78 bits per heavy atom. The van der Waals surface area contributed by atoms with Crippen molar-refractivity contribution in [2.24, 2.45) is 0 Å². The van der Waals surface area contributed by atoms with Crippen molar-refractivity contribution < 1.29 is 14.3 Å². The lowest BCUT2D eigenvalue weighted by Crippen LogP contribution is -2.54. The first-order valence-electron chi connectivity index (χ1n) is 9.79. The zero-order chi connectivity index (χ0) is 19.0. The van der Waals surface area contributed by atoms with E-state index in [9.17, 15) is 9.59 Å². The third-order valence-electron chi connectivity index (χ3n) is 5.77. The Labute approximate surface area is 160 Å². The molecule has 0 radical (unpaired) electrons. The van der Waals surface area contributed by atoms with Crippen LogP contribution in [-0.4, -0.2) is 41.0 Å². The molecular formula is C22H26N2O3. The number of benzene rings is 1. The van der Waals surface area contributed by atoms with Crippen LogP contribution in [0.15, 0.2) is 53.6 Å². The third-order valence-corrected chi connectivity index (χ3v) is 5.77.